The van der Waals surface area contributed by atoms with Gasteiger partial charge in [0.25, 0.3) is 5.91 Å². The first-order valence-corrected chi connectivity index (χ1v) is 9.32. The van der Waals surface area contributed by atoms with Crippen LogP contribution in [-0.2, 0) is 6.54 Å². The highest BCUT2D eigenvalue weighted by atomic mass is 16.3. The second-order valence-corrected chi connectivity index (χ2v) is 6.73. The number of carbonyl (C=O) groups is 1. The lowest BCUT2D eigenvalue weighted by molar-refractivity contribution is 0.0728. The smallest absolute Gasteiger partial charge is 0.255 e. The summed E-state index contributed by atoms with van der Waals surface area (Å²) >= 11 is 0. The number of pyridine rings is 1. The monoisotopic (exact) mass is 374 g/mol. The van der Waals surface area contributed by atoms with Crippen LogP contribution in [0.3, 0.4) is 0 Å². The van der Waals surface area contributed by atoms with Gasteiger partial charge in [-0.1, -0.05) is 30.3 Å². The molecule has 6 nitrogen and oxygen atoms in total. The topological polar surface area (TPSA) is 64.2 Å². The molecule has 0 saturated carbocycles. The molecule has 0 aliphatic carbocycles. The van der Waals surface area contributed by atoms with Gasteiger partial charge in [0.1, 0.15) is 5.76 Å². The summed E-state index contributed by atoms with van der Waals surface area (Å²) in [6.07, 6.45) is 3.34. The minimum atomic E-state index is -0.188. The lowest BCUT2D eigenvalue weighted by Crippen LogP contribution is -2.29. The van der Waals surface area contributed by atoms with E-state index < -0.39 is 0 Å². The van der Waals surface area contributed by atoms with E-state index in [0.717, 1.165) is 22.4 Å². The van der Waals surface area contributed by atoms with E-state index in [1.54, 1.807) is 24.4 Å². The van der Waals surface area contributed by atoms with Crippen LogP contribution in [0.25, 0.3) is 22.3 Å². The lowest BCUT2D eigenvalue weighted by Gasteiger charge is -2.24. The van der Waals surface area contributed by atoms with Gasteiger partial charge in [-0.05, 0) is 32.0 Å². The Kier molecular flexibility index (Phi) is 4.69. The van der Waals surface area contributed by atoms with Gasteiger partial charge in [0, 0.05) is 19.2 Å². The molecule has 0 N–H and O–H groups in total. The van der Waals surface area contributed by atoms with E-state index in [1.807, 2.05) is 67.1 Å². The molecule has 3 aromatic heterocycles. The number of amides is 1. The van der Waals surface area contributed by atoms with Crippen molar-refractivity contribution in [2.24, 2.45) is 0 Å². The SMILES string of the molecule is CCn1ncc2c(C(=O)N(C)C(C)c3ccco3)cc(-c3ccccc3)nc21. The predicted octanol–water partition coefficient (Wildman–Crippen LogP) is 4.54. The van der Waals surface area contributed by atoms with Gasteiger partial charge < -0.3 is 9.32 Å². The summed E-state index contributed by atoms with van der Waals surface area (Å²) < 4.78 is 7.30. The number of hydrogen-bond acceptors (Lipinski definition) is 4. The molecule has 3 heterocycles. The molecule has 0 radical (unpaired) electrons. The molecule has 6 heteroatoms. The van der Waals surface area contributed by atoms with Gasteiger partial charge in [-0.2, -0.15) is 5.10 Å². The first kappa shape index (κ1) is 18.0. The Morgan fingerprint density at radius 2 is 2.00 bits per heavy atom. The van der Waals surface area contributed by atoms with Crippen molar-refractivity contribution < 1.29 is 9.21 Å². The summed E-state index contributed by atoms with van der Waals surface area (Å²) in [5.41, 5.74) is 3.02. The Hall–Kier alpha value is -3.41. The fourth-order valence-electron chi connectivity index (χ4n) is 3.30. The van der Waals surface area contributed by atoms with Gasteiger partial charge in [0.15, 0.2) is 5.65 Å². The normalized spacial score (nSPS) is 12.2. The van der Waals surface area contributed by atoms with Crippen molar-refractivity contribution in [3.05, 3.63) is 72.3 Å². The molecule has 0 saturated heterocycles. The van der Waals surface area contributed by atoms with E-state index in [-0.39, 0.29) is 11.9 Å². The number of carbonyl (C=O) groups excluding carboxylic acids is 1. The highest BCUT2D eigenvalue weighted by molar-refractivity contribution is 6.06. The van der Waals surface area contributed by atoms with Crippen LogP contribution in [0.1, 0.15) is 36.0 Å². The van der Waals surface area contributed by atoms with Gasteiger partial charge in [0.05, 0.1) is 35.1 Å². The number of fused-ring (bicyclic) bond motifs is 1. The summed E-state index contributed by atoms with van der Waals surface area (Å²) in [6, 6.07) is 15.2. The second kappa shape index (κ2) is 7.31. The summed E-state index contributed by atoms with van der Waals surface area (Å²) in [5, 5.41) is 5.17. The molecule has 1 amide bonds. The van der Waals surface area contributed by atoms with Crippen molar-refractivity contribution in [1.29, 1.82) is 0 Å². The number of hydrogen-bond donors (Lipinski definition) is 0. The van der Waals surface area contributed by atoms with Crippen LogP contribution >= 0.6 is 0 Å². The van der Waals surface area contributed by atoms with Crippen LogP contribution in [0, 0.1) is 0 Å². The molecule has 4 rings (SSSR count). The molecule has 1 aromatic carbocycles. The largest absolute Gasteiger partial charge is 0.467 e. The van der Waals surface area contributed by atoms with E-state index in [4.69, 9.17) is 9.40 Å². The summed E-state index contributed by atoms with van der Waals surface area (Å²) in [5.74, 6) is 0.651. The van der Waals surface area contributed by atoms with Crippen molar-refractivity contribution in [3.8, 4) is 11.3 Å². The lowest BCUT2D eigenvalue weighted by atomic mass is 10.1. The molecule has 0 fully saturated rings. The second-order valence-electron chi connectivity index (χ2n) is 6.73. The average molecular weight is 374 g/mol. The van der Waals surface area contributed by atoms with Crippen molar-refractivity contribution in [2.45, 2.75) is 26.4 Å². The molecule has 1 unspecified atom stereocenters. The van der Waals surface area contributed by atoms with Crippen molar-refractivity contribution in [1.82, 2.24) is 19.7 Å². The van der Waals surface area contributed by atoms with Gasteiger partial charge in [-0.3, -0.25) is 4.79 Å². The zero-order valence-electron chi connectivity index (χ0n) is 16.2. The maximum atomic E-state index is 13.4. The third-order valence-electron chi connectivity index (χ3n) is 5.06. The molecule has 0 aliphatic rings. The van der Waals surface area contributed by atoms with Crippen LogP contribution in [0.15, 0.2) is 65.4 Å². The molecule has 28 heavy (non-hydrogen) atoms. The van der Waals surface area contributed by atoms with Crippen LogP contribution in [0.5, 0.6) is 0 Å². The van der Waals surface area contributed by atoms with Crippen molar-refractivity contribution in [2.75, 3.05) is 7.05 Å². The van der Waals surface area contributed by atoms with E-state index in [9.17, 15) is 4.79 Å². The van der Waals surface area contributed by atoms with Crippen LogP contribution in [0.4, 0.5) is 0 Å². The quantitative estimate of drug-likeness (QED) is 0.514. The standard InChI is InChI=1S/C22H22N4O2/c1-4-26-21-18(14-23-26)17(13-19(24-21)16-9-6-5-7-10-16)22(27)25(3)15(2)20-11-8-12-28-20/h5-15H,4H2,1-3H3. The number of benzene rings is 1. The summed E-state index contributed by atoms with van der Waals surface area (Å²) in [4.78, 5) is 19.9. The highest BCUT2D eigenvalue weighted by Crippen LogP contribution is 2.28. The summed E-state index contributed by atoms with van der Waals surface area (Å²) in [7, 11) is 1.79. The Labute approximate surface area is 163 Å². The molecular formula is C22H22N4O2. The average Bonchev–Trinajstić information content (AvgIpc) is 3.41. The molecule has 0 aliphatic heterocycles. The Bertz CT molecular complexity index is 1100. The summed E-state index contributed by atoms with van der Waals surface area (Å²) in [6.45, 7) is 4.64. The van der Waals surface area contributed by atoms with E-state index in [1.165, 1.54) is 0 Å². The number of aromatic nitrogens is 3. The van der Waals surface area contributed by atoms with Gasteiger partial charge in [-0.25, -0.2) is 9.67 Å². The zero-order chi connectivity index (χ0) is 19.7. The van der Waals surface area contributed by atoms with E-state index >= 15 is 0 Å². The van der Waals surface area contributed by atoms with Crippen LogP contribution in [0.2, 0.25) is 0 Å². The maximum absolute atomic E-state index is 13.4. The first-order valence-electron chi connectivity index (χ1n) is 9.32. The third-order valence-corrected chi connectivity index (χ3v) is 5.06. The van der Waals surface area contributed by atoms with Crippen LogP contribution in [-0.4, -0.2) is 32.6 Å². The van der Waals surface area contributed by atoms with E-state index in [0.29, 0.717) is 17.8 Å². The minimum absolute atomic E-state index is 0.0934. The van der Waals surface area contributed by atoms with Crippen molar-refractivity contribution in [3.63, 3.8) is 0 Å². The highest BCUT2D eigenvalue weighted by Gasteiger charge is 2.24. The number of nitrogens with zero attached hydrogens (tertiary/aromatic N) is 4. The molecule has 142 valence electrons. The number of rotatable bonds is 5. The fraction of sp³-hybridized carbons (Fsp3) is 0.227. The minimum Gasteiger partial charge on any atom is -0.467 e. The molecular weight excluding hydrogens is 352 g/mol. The Morgan fingerprint density at radius 1 is 1.21 bits per heavy atom. The van der Waals surface area contributed by atoms with Gasteiger partial charge in [0.2, 0.25) is 0 Å². The zero-order valence-corrected chi connectivity index (χ0v) is 16.2. The molecule has 0 spiro atoms. The van der Waals surface area contributed by atoms with E-state index in [2.05, 4.69) is 5.10 Å². The maximum Gasteiger partial charge on any atom is 0.255 e. The van der Waals surface area contributed by atoms with Gasteiger partial charge >= 0.3 is 0 Å². The number of aryl methyl sites for hydroxylation is 1. The molecule has 1 atom stereocenters. The fourth-order valence-corrected chi connectivity index (χ4v) is 3.30. The number of furan rings is 1. The predicted molar refractivity (Wildman–Crippen MR) is 108 cm³/mol. The van der Waals surface area contributed by atoms with Crippen molar-refractivity contribution >= 4 is 16.9 Å². The third kappa shape index (κ3) is 3.07. The van der Waals surface area contributed by atoms with Crippen LogP contribution < -0.4 is 0 Å². The Morgan fingerprint density at radius 3 is 2.68 bits per heavy atom. The Balaban J connectivity index is 1.83. The molecule has 0 bridgehead atoms. The molecule has 4 aromatic rings. The first-order chi connectivity index (χ1) is 13.6. The van der Waals surface area contributed by atoms with Gasteiger partial charge in [-0.15, -0.1) is 0 Å².